The molecule has 0 fully saturated rings. The second-order valence-electron chi connectivity index (χ2n) is 3.42. The van der Waals surface area contributed by atoms with Crippen LogP contribution in [-0.4, -0.2) is 33.8 Å². The van der Waals surface area contributed by atoms with Crippen LogP contribution in [0.4, 0.5) is 0 Å². The molecule has 0 amide bonds. The number of hydrogen-bond acceptors (Lipinski definition) is 6. The number of nitrogens with one attached hydrogen (secondary N) is 1. The van der Waals surface area contributed by atoms with Crippen molar-refractivity contribution >= 4 is 27.3 Å². The van der Waals surface area contributed by atoms with Gasteiger partial charge in [0.1, 0.15) is 10.9 Å². The quantitative estimate of drug-likeness (QED) is 0.770. The van der Waals surface area contributed by atoms with Gasteiger partial charge in [-0.3, -0.25) is 0 Å². The zero-order valence-corrected chi connectivity index (χ0v) is 11.3. The fourth-order valence-corrected chi connectivity index (χ4v) is 2.52. The number of carbonyl (C=O) groups is 1. The normalized spacial score (nSPS) is 10.9. The minimum atomic E-state index is -3.19. The maximum Gasteiger partial charge on any atom is 0.349 e. The Morgan fingerprint density at radius 1 is 1.56 bits per heavy atom. The average molecular weight is 288 g/mol. The van der Waals surface area contributed by atoms with E-state index < -0.39 is 16.0 Å². The summed E-state index contributed by atoms with van der Waals surface area (Å²) < 4.78 is 28.7. The third-order valence-corrected chi connectivity index (χ3v) is 3.72. The fraction of sp³-hybridized carbons (Fsp3) is 0.400. The Bertz CT molecular complexity index is 557. The molecule has 1 aromatic rings. The zero-order valence-electron chi connectivity index (χ0n) is 9.67. The molecule has 0 aromatic carbocycles. The molecule has 0 bridgehead atoms. The van der Waals surface area contributed by atoms with Gasteiger partial charge >= 0.3 is 5.97 Å². The summed E-state index contributed by atoms with van der Waals surface area (Å²) in [6, 6.07) is 5.04. The van der Waals surface area contributed by atoms with Crippen molar-refractivity contribution in [2.45, 2.75) is 6.42 Å². The zero-order chi connectivity index (χ0) is 13.6. The van der Waals surface area contributed by atoms with E-state index in [0.717, 1.165) is 11.1 Å². The largest absolute Gasteiger partial charge is 0.446 e. The molecule has 0 saturated heterocycles. The fourth-order valence-electron chi connectivity index (χ4n) is 1.15. The topological polar surface area (TPSA) is 96.3 Å². The van der Waals surface area contributed by atoms with E-state index in [1.54, 1.807) is 18.2 Å². The molecule has 0 saturated carbocycles. The number of sulfonamides is 1. The molecule has 1 aromatic heterocycles. The van der Waals surface area contributed by atoms with Crippen LogP contribution in [-0.2, 0) is 21.2 Å². The standard InChI is InChI=1S/C10H12N2O4S2/c1-18(14,15)12-6-4-8-2-3-9(17-8)10(13)16-7-5-11/h2-3,12H,4,6-7H2,1H3. The van der Waals surface area contributed by atoms with Gasteiger partial charge in [0, 0.05) is 11.4 Å². The van der Waals surface area contributed by atoms with Crippen LogP contribution in [0.3, 0.4) is 0 Å². The van der Waals surface area contributed by atoms with Crippen molar-refractivity contribution in [1.29, 1.82) is 5.26 Å². The summed E-state index contributed by atoms with van der Waals surface area (Å²) in [4.78, 5) is 12.6. The highest BCUT2D eigenvalue weighted by atomic mass is 32.2. The monoisotopic (exact) mass is 288 g/mol. The number of nitriles is 1. The van der Waals surface area contributed by atoms with Crippen LogP contribution in [0, 0.1) is 11.3 Å². The van der Waals surface area contributed by atoms with Crippen LogP contribution in [0.1, 0.15) is 14.5 Å². The van der Waals surface area contributed by atoms with E-state index in [-0.39, 0.29) is 13.2 Å². The van der Waals surface area contributed by atoms with E-state index in [1.807, 2.05) is 0 Å². The lowest BCUT2D eigenvalue weighted by molar-refractivity contribution is 0.0560. The highest BCUT2D eigenvalue weighted by Crippen LogP contribution is 2.17. The van der Waals surface area contributed by atoms with Gasteiger partial charge in [-0.1, -0.05) is 0 Å². The molecule has 98 valence electrons. The summed E-state index contributed by atoms with van der Waals surface area (Å²) in [5, 5.41) is 8.27. The van der Waals surface area contributed by atoms with Gasteiger partial charge in [-0.15, -0.1) is 11.3 Å². The maximum atomic E-state index is 11.4. The lowest BCUT2D eigenvalue weighted by Crippen LogP contribution is -2.23. The van der Waals surface area contributed by atoms with Gasteiger partial charge in [0.15, 0.2) is 6.61 Å². The Morgan fingerprint density at radius 3 is 2.89 bits per heavy atom. The first-order chi connectivity index (χ1) is 8.42. The number of thiophene rings is 1. The first-order valence-corrected chi connectivity index (χ1v) is 7.70. The van der Waals surface area contributed by atoms with E-state index in [1.165, 1.54) is 11.3 Å². The van der Waals surface area contributed by atoms with Crippen molar-refractivity contribution in [2.75, 3.05) is 19.4 Å². The van der Waals surface area contributed by atoms with Gasteiger partial charge in [0.2, 0.25) is 10.0 Å². The SMILES string of the molecule is CS(=O)(=O)NCCc1ccc(C(=O)OCC#N)s1. The lowest BCUT2D eigenvalue weighted by atomic mass is 10.3. The van der Waals surface area contributed by atoms with Crippen LogP contribution in [0.2, 0.25) is 0 Å². The number of carbonyl (C=O) groups excluding carboxylic acids is 1. The van der Waals surface area contributed by atoms with Gasteiger partial charge in [0.05, 0.1) is 6.26 Å². The third-order valence-electron chi connectivity index (χ3n) is 1.87. The van der Waals surface area contributed by atoms with E-state index in [4.69, 9.17) is 5.26 Å². The molecule has 0 spiro atoms. The van der Waals surface area contributed by atoms with E-state index in [0.29, 0.717) is 11.3 Å². The number of ether oxygens (including phenoxy) is 1. The van der Waals surface area contributed by atoms with Crippen molar-refractivity contribution in [1.82, 2.24) is 4.72 Å². The van der Waals surface area contributed by atoms with Gasteiger partial charge in [-0.25, -0.2) is 17.9 Å². The van der Waals surface area contributed by atoms with Crippen molar-refractivity contribution in [3.05, 3.63) is 21.9 Å². The van der Waals surface area contributed by atoms with E-state index in [9.17, 15) is 13.2 Å². The molecule has 0 atom stereocenters. The average Bonchev–Trinajstić information content (AvgIpc) is 2.73. The molecule has 8 heteroatoms. The lowest BCUT2D eigenvalue weighted by Gasteiger charge is -1.99. The van der Waals surface area contributed by atoms with Gasteiger partial charge in [0.25, 0.3) is 0 Å². The third kappa shape index (κ3) is 5.27. The second-order valence-corrected chi connectivity index (χ2v) is 6.42. The van der Waals surface area contributed by atoms with Crippen molar-refractivity contribution in [3.8, 4) is 6.07 Å². The number of hydrogen-bond donors (Lipinski definition) is 1. The van der Waals surface area contributed by atoms with E-state index in [2.05, 4.69) is 9.46 Å². The molecular weight excluding hydrogens is 276 g/mol. The molecule has 6 nitrogen and oxygen atoms in total. The van der Waals surface area contributed by atoms with Crippen molar-refractivity contribution in [3.63, 3.8) is 0 Å². The summed E-state index contributed by atoms with van der Waals surface area (Å²) in [6.07, 6.45) is 1.59. The summed E-state index contributed by atoms with van der Waals surface area (Å²) in [5.41, 5.74) is 0. The molecule has 0 aliphatic heterocycles. The predicted molar refractivity (Wildman–Crippen MR) is 66.8 cm³/mol. The maximum absolute atomic E-state index is 11.4. The second kappa shape index (κ2) is 6.49. The molecule has 0 aliphatic carbocycles. The van der Waals surface area contributed by atoms with Crippen LogP contribution < -0.4 is 4.72 Å². The molecule has 1 rings (SSSR count). The number of nitrogens with zero attached hydrogens (tertiary/aromatic N) is 1. The Labute approximate surface area is 109 Å². The van der Waals surface area contributed by atoms with Gasteiger partial charge in [-0.05, 0) is 18.6 Å². The Hall–Kier alpha value is -1.43. The summed E-state index contributed by atoms with van der Waals surface area (Å²) in [6.45, 7) is 0.00767. The predicted octanol–water partition coefficient (Wildman–Crippen LogP) is 0.520. The summed E-state index contributed by atoms with van der Waals surface area (Å²) in [7, 11) is -3.19. The van der Waals surface area contributed by atoms with Gasteiger partial charge < -0.3 is 4.74 Å². The summed E-state index contributed by atoms with van der Waals surface area (Å²) >= 11 is 1.22. The number of rotatable bonds is 6. The molecule has 1 N–H and O–H groups in total. The van der Waals surface area contributed by atoms with Crippen LogP contribution in [0.5, 0.6) is 0 Å². The molecule has 0 unspecified atom stereocenters. The highest BCUT2D eigenvalue weighted by Gasteiger charge is 2.10. The first-order valence-electron chi connectivity index (χ1n) is 5.00. The smallest absolute Gasteiger partial charge is 0.349 e. The minimum absolute atomic E-state index is 0.276. The van der Waals surface area contributed by atoms with Crippen LogP contribution >= 0.6 is 11.3 Å². The Kier molecular flexibility index (Phi) is 5.27. The van der Waals surface area contributed by atoms with Gasteiger partial charge in [-0.2, -0.15) is 5.26 Å². The minimum Gasteiger partial charge on any atom is -0.446 e. The molecular formula is C10H12N2O4S2. The molecule has 18 heavy (non-hydrogen) atoms. The Balaban J connectivity index is 2.49. The van der Waals surface area contributed by atoms with Crippen molar-refractivity contribution in [2.24, 2.45) is 0 Å². The Morgan fingerprint density at radius 2 is 2.28 bits per heavy atom. The molecule has 0 aliphatic rings. The van der Waals surface area contributed by atoms with E-state index >= 15 is 0 Å². The molecule has 1 heterocycles. The number of esters is 1. The van der Waals surface area contributed by atoms with Crippen LogP contribution in [0.15, 0.2) is 12.1 Å². The highest BCUT2D eigenvalue weighted by molar-refractivity contribution is 7.88. The van der Waals surface area contributed by atoms with Crippen molar-refractivity contribution < 1.29 is 17.9 Å². The molecule has 0 radical (unpaired) electrons. The first kappa shape index (κ1) is 14.6. The van der Waals surface area contributed by atoms with Crippen LogP contribution in [0.25, 0.3) is 0 Å². The summed E-state index contributed by atoms with van der Waals surface area (Å²) in [5.74, 6) is -0.538.